The number of carbonyl (C=O) groups excluding carboxylic acids is 1. The standard InChI is InChI=1S/C18H15FN2O2S/c1-2-23-15-8-6-14(7-9-15)21-17(22)16(20-18(21)24)11-12-4-3-5-13(19)10-12/h3-11H,2H2,1H3,(H,20,24)/b16-11+. The number of carbonyl (C=O) groups is 1. The summed E-state index contributed by atoms with van der Waals surface area (Å²) in [6.07, 6.45) is 1.58. The zero-order chi connectivity index (χ0) is 17.1. The van der Waals surface area contributed by atoms with E-state index >= 15 is 0 Å². The van der Waals surface area contributed by atoms with E-state index in [4.69, 9.17) is 17.0 Å². The minimum Gasteiger partial charge on any atom is -0.494 e. The van der Waals surface area contributed by atoms with Gasteiger partial charge in [-0.3, -0.25) is 9.69 Å². The van der Waals surface area contributed by atoms with Gasteiger partial charge in [-0.15, -0.1) is 0 Å². The second kappa shape index (κ2) is 6.80. The highest BCUT2D eigenvalue weighted by Gasteiger charge is 2.31. The molecule has 6 heteroatoms. The van der Waals surface area contributed by atoms with Gasteiger partial charge in [0.1, 0.15) is 17.3 Å². The molecule has 0 spiro atoms. The fourth-order valence-corrected chi connectivity index (χ4v) is 2.69. The first-order valence-electron chi connectivity index (χ1n) is 7.44. The topological polar surface area (TPSA) is 41.6 Å². The van der Waals surface area contributed by atoms with Crippen molar-refractivity contribution < 1.29 is 13.9 Å². The maximum absolute atomic E-state index is 13.3. The summed E-state index contributed by atoms with van der Waals surface area (Å²) in [5.74, 6) is 0.0801. The Kier molecular flexibility index (Phi) is 4.57. The number of rotatable bonds is 4. The van der Waals surface area contributed by atoms with E-state index in [9.17, 15) is 9.18 Å². The van der Waals surface area contributed by atoms with Crippen LogP contribution in [0.25, 0.3) is 6.08 Å². The van der Waals surface area contributed by atoms with Crippen molar-refractivity contribution in [2.45, 2.75) is 6.92 Å². The minimum atomic E-state index is -0.360. The number of ether oxygens (including phenoxy) is 1. The molecule has 3 rings (SSSR count). The molecule has 1 fully saturated rings. The minimum absolute atomic E-state index is 0.284. The molecule has 1 N–H and O–H groups in total. The summed E-state index contributed by atoms with van der Waals surface area (Å²) in [6.45, 7) is 2.48. The van der Waals surface area contributed by atoms with Crippen LogP contribution in [0.15, 0.2) is 54.2 Å². The van der Waals surface area contributed by atoms with Gasteiger partial charge in [0, 0.05) is 0 Å². The molecule has 1 saturated heterocycles. The van der Waals surface area contributed by atoms with Crippen LogP contribution in [0.1, 0.15) is 12.5 Å². The van der Waals surface area contributed by atoms with Crippen LogP contribution in [-0.4, -0.2) is 17.6 Å². The number of amides is 1. The van der Waals surface area contributed by atoms with Crippen LogP contribution in [0.5, 0.6) is 5.75 Å². The SMILES string of the molecule is CCOc1ccc(N2C(=O)/C(=C\c3cccc(F)c3)NC2=S)cc1. The van der Waals surface area contributed by atoms with Crippen LogP contribution in [-0.2, 0) is 4.79 Å². The molecule has 0 bridgehead atoms. The maximum Gasteiger partial charge on any atom is 0.281 e. The molecule has 2 aromatic rings. The lowest BCUT2D eigenvalue weighted by molar-refractivity contribution is -0.113. The number of nitrogens with one attached hydrogen (secondary N) is 1. The summed E-state index contributed by atoms with van der Waals surface area (Å²) in [5, 5.41) is 3.16. The third kappa shape index (κ3) is 3.28. The Morgan fingerprint density at radius 1 is 1.25 bits per heavy atom. The maximum atomic E-state index is 13.3. The van der Waals surface area contributed by atoms with E-state index in [2.05, 4.69) is 5.32 Å². The Balaban J connectivity index is 1.86. The monoisotopic (exact) mass is 342 g/mol. The van der Waals surface area contributed by atoms with Gasteiger partial charge in [0.2, 0.25) is 0 Å². The van der Waals surface area contributed by atoms with Gasteiger partial charge in [0.15, 0.2) is 5.11 Å². The number of anilines is 1. The Morgan fingerprint density at radius 3 is 2.67 bits per heavy atom. The average Bonchev–Trinajstić information content (AvgIpc) is 2.83. The van der Waals surface area contributed by atoms with Crippen molar-refractivity contribution in [3.63, 3.8) is 0 Å². The summed E-state index contributed by atoms with van der Waals surface area (Å²) >= 11 is 5.25. The third-order valence-electron chi connectivity index (χ3n) is 3.44. The summed E-state index contributed by atoms with van der Waals surface area (Å²) in [7, 11) is 0. The first-order chi connectivity index (χ1) is 11.6. The second-order valence-corrected chi connectivity index (χ2v) is 5.50. The second-order valence-electron chi connectivity index (χ2n) is 5.11. The molecule has 0 radical (unpaired) electrons. The Hall–Kier alpha value is -2.73. The van der Waals surface area contributed by atoms with Gasteiger partial charge in [0.05, 0.1) is 12.3 Å². The van der Waals surface area contributed by atoms with E-state index in [0.29, 0.717) is 23.6 Å². The Bertz CT molecular complexity index is 818. The largest absolute Gasteiger partial charge is 0.494 e. The Labute approximate surface area is 144 Å². The normalized spacial score (nSPS) is 15.8. The molecule has 24 heavy (non-hydrogen) atoms. The fourth-order valence-electron chi connectivity index (χ4n) is 2.39. The van der Waals surface area contributed by atoms with Crippen molar-refractivity contribution in [3.8, 4) is 5.75 Å². The van der Waals surface area contributed by atoms with Gasteiger partial charge in [-0.2, -0.15) is 0 Å². The van der Waals surface area contributed by atoms with Crippen molar-refractivity contribution in [1.82, 2.24) is 5.32 Å². The molecule has 1 heterocycles. The number of nitrogens with zero attached hydrogens (tertiary/aromatic N) is 1. The number of hydrogen-bond donors (Lipinski definition) is 1. The van der Waals surface area contributed by atoms with Crippen molar-refractivity contribution in [2.24, 2.45) is 0 Å². The molecule has 2 aromatic carbocycles. The molecule has 0 unspecified atom stereocenters. The van der Waals surface area contributed by atoms with E-state index in [1.807, 2.05) is 6.92 Å². The van der Waals surface area contributed by atoms with Gasteiger partial charge >= 0.3 is 0 Å². The van der Waals surface area contributed by atoms with E-state index < -0.39 is 0 Å². The van der Waals surface area contributed by atoms with Crippen LogP contribution in [0, 0.1) is 5.82 Å². The molecular formula is C18H15FN2O2S. The number of hydrogen-bond acceptors (Lipinski definition) is 3. The molecule has 1 aliphatic heterocycles. The predicted molar refractivity (Wildman–Crippen MR) is 95.2 cm³/mol. The molecule has 0 aromatic heterocycles. The molecule has 0 aliphatic carbocycles. The molecule has 1 aliphatic rings. The molecule has 1 amide bonds. The van der Waals surface area contributed by atoms with Gasteiger partial charge in [0.25, 0.3) is 5.91 Å². The number of halogens is 1. The van der Waals surface area contributed by atoms with E-state index in [1.54, 1.807) is 42.5 Å². The van der Waals surface area contributed by atoms with Crippen molar-refractivity contribution in [1.29, 1.82) is 0 Å². The van der Waals surface area contributed by atoms with Crippen molar-refractivity contribution >= 4 is 35.0 Å². The zero-order valence-electron chi connectivity index (χ0n) is 13.0. The number of thiocarbonyl (C=S) groups is 1. The van der Waals surface area contributed by atoms with Crippen LogP contribution in [0.3, 0.4) is 0 Å². The lowest BCUT2D eigenvalue weighted by atomic mass is 10.2. The van der Waals surface area contributed by atoms with Gasteiger partial charge in [-0.1, -0.05) is 12.1 Å². The smallest absolute Gasteiger partial charge is 0.281 e. The average molecular weight is 342 g/mol. The summed E-state index contributed by atoms with van der Waals surface area (Å²) in [4.78, 5) is 14.0. The van der Waals surface area contributed by atoms with Crippen LogP contribution < -0.4 is 15.0 Å². The third-order valence-corrected chi connectivity index (χ3v) is 3.73. The molecule has 4 nitrogen and oxygen atoms in total. The fraction of sp³-hybridized carbons (Fsp3) is 0.111. The summed E-state index contributed by atoms with van der Waals surface area (Å²) < 4.78 is 18.7. The van der Waals surface area contributed by atoms with Gasteiger partial charge < -0.3 is 10.1 Å². The lowest BCUT2D eigenvalue weighted by Crippen LogP contribution is -2.30. The highest BCUT2D eigenvalue weighted by Crippen LogP contribution is 2.25. The van der Waals surface area contributed by atoms with E-state index in [1.165, 1.54) is 17.0 Å². The number of benzene rings is 2. The van der Waals surface area contributed by atoms with Gasteiger partial charge in [-0.05, 0) is 67.2 Å². The van der Waals surface area contributed by atoms with Crippen LogP contribution >= 0.6 is 12.2 Å². The lowest BCUT2D eigenvalue weighted by Gasteiger charge is -2.14. The molecule has 0 atom stereocenters. The van der Waals surface area contributed by atoms with E-state index in [0.717, 1.165) is 5.75 Å². The first-order valence-corrected chi connectivity index (χ1v) is 7.85. The predicted octanol–water partition coefficient (Wildman–Crippen LogP) is 3.49. The van der Waals surface area contributed by atoms with Crippen LogP contribution in [0.2, 0.25) is 0 Å². The molecule has 0 saturated carbocycles. The quantitative estimate of drug-likeness (QED) is 0.682. The van der Waals surface area contributed by atoms with Crippen molar-refractivity contribution in [3.05, 3.63) is 65.6 Å². The highest BCUT2D eigenvalue weighted by molar-refractivity contribution is 7.80. The Morgan fingerprint density at radius 2 is 2.00 bits per heavy atom. The van der Waals surface area contributed by atoms with Crippen molar-refractivity contribution in [2.75, 3.05) is 11.5 Å². The molecular weight excluding hydrogens is 327 g/mol. The zero-order valence-corrected chi connectivity index (χ0v) is 13.8. The first kappa shape index (κ1) is 16.1. The van der Waals surface area contributed by atoms with Gasteiger partial charge in [-0.25, -0.2) is 4.39 Å². The van der Waals surface area contributed by atoms with Crippen LogP contribution in [0.4, 0.5) is 10.1 Å². The summed E-state index contributed by atoms with van der Waals surface area (Å²) in [5.41, 5.74) is 1.53. The highest BCUT2D eigenvalue weighted by atomic mass is 32.1. The summed E-state index contributed by atoms with van der Waals surface area (Å²) in [6, 6.07) is 13.1. The van der Waals surface area contributed by atoms with E-state index in [-0.39, 0.29) is 16.8 Å². The molecule has 122 valence electrons.